The monoisotopic (exact) mass is 225 g/mol. The van der Waals surface area contributed by atoms with Crippen LogP contribution in [0.25, 0.3) is 0 Å². The van der Waals surface area contributed by atoms with Crippen molar-refractivity contribution in [1.82, 2.24) is 0 Å². The van der Waals surface area contributed by atoms with Gasteiger partial charge in [-0.05, 0) is 35.7 Å². The van der Waals surface area contributed by atoms with Gasteiger partial charge in [-0.15, -0.1) is 0 Å². The number of para-hydroxylation sites is 1. The molecule has 0 aromatic heterocycles. The number of hydrogen-bond donors (Lipinski definition) is 0. The average molecular weight is 225 g/mol. The van der Waals surface area contributed by atoms with Gasteiger partial charge in [-0.25, -0.2) is 0 Å². The van der Waals surface area contributed by atoms with Gasteiger partial charge in [-0.2, -0.15) is 0 Å². The van der Waals surface area contributed by atoms with Crippen molar-refractivity contribution in [3.8, 4) is 0 Å². The zero-order valence-electron chi connectivity index (χ0n) is 10.7. The van der Waals surface area contributed by atoms with Crippen LogP contribution in [-0.4, -0.2) is 7.05 Å². The summed E-state index contributed by atoms with van der Waals surface area (Å²) in [6.07, 6.45) is 0. The third kappa shape index (κ3) is 2.68. The lowest BCUT2D eigenvalue weighted by Crippen LogP contribution is -2.09. The molecular formula is C16H19N. The highest BCUT2D eigenvalue weighted by Crippen LogP contribution is 2.26. The first-order chi connectivity index (χ1) is 8.18. The van der Waals surface area contributed by atoms with E-state index in [1.54, 1.807) is 0 Å². The van der Waals surface area contributed by atoms with E-state index in [-0.39, 0.29) is 0 Å². The molecule has 0 aliphatic heterocycles. The molecular weight excluding hydrogens is 206 g/mol. The number of hydrogen-bond acceptors (Lipinski definition) is 1. The lowest BCUT2D eigenvalue weighted by atomic mass is 10.0. The summed E-state index contributed by atoms with van der Waals surface area (Å²) in [7, 11) is 2.11. The highest BCUT2D eigenvalue weighted by Gasteiger charge is 2.05. The molecule has 0 bridgehead atoms. The molecule has 0 heterocycles. The molecule has 2 aromatic carbocycles. The molecule has 0 saturated heterocycles. The molecule has 0 amide bonds. The fourth-order valence-corrected chi connectivity index (χ4v) is 1.89. The molecule has 1 nitrogen and oxygen atoms in total. The van der Waals surface area contributed by atoms with Gasteiger partial charge in [0.05, 0.1) is 0 Å². The van der Waals surface area contributed by atoms with Crippen LogP contribution in [-0.2, 0) is 0 Å². The van der Waals surface area contributed by atoms with Crippen molar-refractivity contribution >= 4 is 11.4 Å². The Hall–Kier alpha value is -1.76. The topological polar surface area (TPSA) is 3.24 Å². The van der Waals surface area contributed by atoms with Crippen molar-refractivity contribution in [3.63, 3.8) is 0 Å². The summed E-state index contributed by atoms with van der Waals surface area (Å²) in [5, 5.41) is 0. The van der Waals surface area contributed by atoms with E-state index in [9.17, 15) is 0 Å². The first-order valence-electron chi connectivity index (χ1n) is 6.07. The molecule has 0 radical (unpaired) electrons. The second-order valence-electron chi connectivity index (χ2n) is 4.64. The van der Waals surface area contributed by atoms with Crippen molar-refractivity contribution < 1.29 is 0 Å². The Morgan fingerprint density at radius 3 is 2.12 bits per heavy atom. The third-order valence-electron chi connectivity index (χ3n) is 3.07. The van der Waals surface area contributed by atoms with Crippen molar-refractivity contribution in [1.29, 1.82) is 0 Å². The summed E-state index contributed by atoms with van der Waals surface area (Å²) in [5.74, 6) is 0.569. The number of benzene rings is 2. The minimum absolute atomic E-state index is 0.569. The molecule has 0 spiro atoms. The van der Waals surface area contributed by atoms with Crippen molar-refractivity contribution in [3.05, 3.63) is 60.2 Å². The fraction of sp³-hybridized carbons (Fsp3) is 0.250. The van der Waals surface area contributed by atoms with Crippen molar-refractivity contribution in [2.75, 3.05) is 11.9 Å². The quantitative estimate of drug-likeness (QED) is 0.739. The second kappa shape index (κ2) is 5.05. The molecule has 0 fully saturated rings. The Morgan fingerprint density at radius 1 is 0.824 bits per heavy atom. The minimum atomic E-state index is 0.569. The molecule has 0 N–H and O–H groups in total. The highest BCUT2D eigenvalue weighted by atomic mass is 15.1. The van der Waals surface area contributed by atoms with E-state index in [1.807, 2.05) is 6.07 Å². The number of nitrogens with zero attached hydrogens (tertiary/aromatic N) is 1. The Labute approximate surface area is 104 Å². The predicted octanol–water partition coefficient (Wildman–Crippen LogP) is 4.58. The second-order valence-corrected chi connectivity index (χ2v) is 4.64. The Balaban J connectivity index is 2.31. The molecule has 2 rings (SSSR count). The van der Waals surface area contributed by atoms with Crippen molar-refractivity contribution in [2.45, 2.75) is 19.8 Å². The molecule has 1 heteroatoms. The summed E-state index contributed by atoms with van der Waals surface area (Å²) in [6, 6.07) is 19.2. The SMILES string of the molecule is CC(C)c1cccc(N(C)c2ccccc2)c1. The standard InChI is InChI=1S/C16H19N/c1-13(2)14-8-7-11-16(12-14)17(3)15-9-5-4-6-10-15/h4-13H,1-3H3. The van der Waals surface area contributed by atoms with E-state index in [1.165, 1.54) is 16.9 Å². The molecule has 17 heavy (non-hydrogen) atoms. The van der Waals surface area contributed by atoms with Gasteiger partial charge in [0.2, 0.25) is 0 Å². The normalized spacial score (nSPS) is 10.6. The Bertz CT molecular complexity index is 474. The van der Waals surface area contributed by atoms with Gasteiger partial charge >= 0.3 is 0 Å². The van der Waals surface area contributed by atoms with Gasteiger partial charge < -0.3 is 4.90 Å². The fourth-order valence-electron chi connectivity index (χ4n) is 1.89. The van der Waals surface area contributed by atoms with Crippen LogP contribution < -0.4 is 4.90 Å². The first kappa shape index (κ1) is 11.7. The molecule has 2 aromatic rings. The third-order valence-corrected chi connectivity index (χ3v) is 3.07. The summed E-state index contributed by atoms with van der Waals surface area (Å²) in [4.78, 5) is 2.21. The molecule has 88 valence electrons. The van der Waals surface area contributed by atoms with Gasteiger partial charge in [-0.3, -0.25) is 0 Å². The Morgan fingerprint density at radius 2 is 1.47 bits per heavy atom. The van der Waals surface area contributed by atoms with Gasteiger partial charge in [0.15, 0.2) is 0 Å². The smallest absolute Gasteiger partial charge is 0.0410 e. The number of anilines is 2. The van der Waals surface area contributed by atoms with Crippen LogP contribution in [0.15, 0.2) is 54.6 Å². The molecule has 0 aliphatic rings. The maximum Gasteiger partial charge on any atom is 0.0410 e. The summed E-state index contributed by atoms with van der Waals surface area (Å²) in [5.41, 5.74) is 3.83. The van der Waals surface area contributed by atoms with Crippen LogP contribution in [0.3, 0.4) is 0 Å². The molecule has 0 unspecified atom stereocenters. The average Bonchev–Trinajstić information content (AvgIpc) is 2.39. The minimum Gasteiger partial charge on any atom is -0.345 e. The van der Waals surface area contributed by atoms with E-state index < -0.39 is 0 Å². The number of rotatable bonds is 3. The van der Waals surface area contributed by atoms with Gasteiger partial charge in [-0.1, -0.05) is 44.2 Å². The van der Waals surface area contributed by atoms with Crippen LogP contribution in [0.1, 0.15) is 25.3 Å². The lowest BCUT2D eigenvalue weighted by molar-refractivity contribution is 0.866. The van der Waals surface area contributed by atoms with E-state index in [2.05, 4.69) is 74.3 Å². The highest BCUT2D eigenvalue weighted by molar-refractivity contribution is 5.62. The zero-order chi connectivity index (χ0) is 12.3. The van der Waals surface area contributed by atoms with Crippen LogP contribution in [0.5, 0.6) is 0 Å². The van der Waals surface area contributed by atoms with E-state index in [4.69, 9.17) is 0 Å². The molecule has 0 aliphatic carbocycles. The molecule has 0 atom stereocenters. The van der Waals surface area contributed by atoms with E-state index in [0.717, 1.165) is 0 Å². The van der Waals surface area contributed by atoms with Crippen LogP contribution >= 0.6 is 0 Å². The van der Waals surface area contributed by atoms with Crippen LogP contribution in [0.2, 0.25) is 0 Å². The van der Waals surface area contributed by atoms with Crippen LogP contribution in [0, 0.1) is 0 Å². The Kier molecular flexibility index (Phi) is 3.48. The maximum absolute atomic E-state index is 2.26. The largest absolute Gasteiger partial charge is 0.345 e. The van der Waals surface area contributed by atoms with E-state index in [0.29, 0.717) is 5.92 Å². The lowest BCUT2D eigenvalue weighted by Gasteiger charge is -2.20. The summed E-state index contributed by atoms with van der Waals surface area (Å²) >= 11 is 0. The predicted molar refractivity (Wildman–Crippen MR) is 75.0 cm³/mol. The van der Waals surface area contributed by atoms with Gasteiger partial charge in [0.25, 0.3) is 0 Å². The van der Waals surface area contributed by atoms with Crippen molar-refractivity contribution in [2.24, 2.45) is 0 Å². The first-order valence-corrected chi connectivity index (χ1v) is 6.07. The summed E-state index contributed by atoms with van der Waals surface area (Å²) in [6.45, 7) is 4.45. The van der Waals surface area contributed by atoms with E-state index >= 15 is 0 Å². The van der Waals surface area contributed by atoms with Crippen LogP contribution in [0.4, 0.5) is 11.4 Å². The maximum atomic E-state index is 2.26. The van der Waals surface area contributed by atoms with Gasteiger partial charge in [0, 0.05) is 18.4 Å². The molecule has 0 saturated carbocycles. The zero-order valence-corrected chi connectivity index (χ0v) is 10.7. The van der Waals surface area contributed by atoms with Gasteiger partial charge in [0.1, 0.15) is 0 Å². The summed E-state index contributed by atoms with van der Waals surface area (Å²) < 4.78 is 0.